The third-order valence-corrected chi connectivity index (χ3v) is 5.45. The summed E-state index contributed by atoms with van der Waals surface area (Å²) in [6, 6.07) is 16.5. The quantitative estimate of drug-likeness (QED) is 0.236. The second-order valence-electron chi connectivity index (χ2n) is 6.13. The molecule has 0 fully saturated rings. The van der Waals surface area contributed by atoms with Crippen LogP contribution < -0.4 is 9.47 Å². The van der Waals surface area contributed by atoms with Gasteiger partial charge in [-0.05, 0) is 64.0 Å². The number of fused-ring (bicyclic) bond motifs is 1. The highest BCUT2D eigenvalue weighted by atomic mass is 79.9. The molecule has 0 aromatic heterocycles. The average molecular weight is 490 g/mol. The monoisotopic (exact) mass is 488 g/mol. The van der Waals surface area contributed by atoms with Gasteiger partial charge >= 0.3 is 5.97 Å². The number of carbonyl (C=O) groups excluding carboxylic acids is 2. The van der Waals surface area contributed by atoms with Gasteiger partial charge in [0.1, 0.15) is 11.5 Å². The summed E-state index contributed by atoms with van der Waals surface area (Å²) < 4.78 is 11.7. The lowest BCUT2D eigenvalue weighted by Gasteiger charge is -2.07. The Labute approximate surface area is 184 Å². The largest absolute Gasteiger partial charge is 0.452 e. The third kappa shape index (κ3) is 4.08. The minimum atomic E-state index is -0.523. The molecule has 0 saturated heterocycles. The van der Waals surface area contributed by atoms with E-state index in [-0.39, 0.29) is 17.3 Å². The number of rotatable bonds is 3. The summed E-state index contributed by atoms with van der Waals surface area (Å²) in [5, 5.41) is 0.899. The first-order valence-electron chi connectivity index (χ1n) is 8.42. The van der Waals surface area contributed by atoms with Gasteiger partial charge in [0.15, 0.2) is 5.76 Å². The maximum atomic E-state index is 12.6. The van der Waals surface area contributed by atoms with Gasteiger partial charge in [-0.2, -0.15) is 0 Å². The van der Waals surface area contributed by atoms with E-state index >= 15 is 0 Å². The van der Waals surface area contributed by atoms with Crippen molar-refractivity contribution in [1.82, 2.24) is 0 Å². The molecule has 0 unspecified atom stereocenters. The zero-order valence-electron chi connectivity index (χ0n) is 14.6. The number of benzene rings is 3. The lowest BCUT2D eigenvalue weighted by molar-refractivity contribution is 0.0733. The summed E-state index contributed by atoms with van der Waals surface area (Å²) in [6.07, 6.45) is 1.55. The molecule has 7 heteroatoms. The van der Waals surface area contributed by atoms with E-state index in [0.717, 1.165) is 0 Å². The first-order chi connectivity index (χ1) is 13.9. The minimum absolute atomic E-state index is 0.124. The first-order valence-corrected chi connectivity index (χ1v) is 9.97. The molecule has 0 aliphatic carbocycles. The fraction of sp³-hybridized carbons (Fsp3) is 0. The molecule has 1 heterocycles. The SMILES string of the molecule is O=C(Oc1ccc2c(c1)OC(=Cc1ccc(Cl)cc1Cl)C2=O)c1ccccc1Br. The van der Waals surface area contributed by atoms with Crippen molar-refractivity contribution in [3.8, 4) is 11.5 Å². The smallest absolute Gasteiger partial charge is 0.344 e. The highest BCUT2D eigenvalue weighted by molar-refractivity contribution is 9.10. The lowest BCUT2D eigenvalue weighted by atomic mass is 10.1. The zero-order valence-corrected chi connectivity index (χ0v) is 17.7. The fourth-order valence-electron chi connectivity index (χ4n) is 2.78. The van der Waals surface area contributed by atoms with Crippen molar-refractivity contribution >= 4 is 57.0 Å². The summed E-state index contributed by atoms with van der Waals surface area (Å²) in [4.78, 5) is 25.0. The topological polar surface area (TPSA) is 52.6 Å². The molecule has 3 aromatic carbocycles. The fourth-order valence-corrected chi connectivity index (χ4v) is 3.69. The predicted molar refractivity (Wildman–Crippen MR) is 115 cm³/mol. The molecule has 0 amide bonds. The summed E-state index contributed by atoms with van der Waals surface area (Å²) >= 11 is 15.4. The Hall–Kier alpha value is -2.60. The van der Waals surface area contributed by atoms with E-state index in [0.29, 0.717) is 37.0 Å². The van der Waals surface area contributed by atoms with Gasteiger partial charge in [0.25, 0.3) is 0 Å². The van der Waals surface area contributed by atoms with Crippen LogP contribution in [-0.4, -0.2) is 11.8 Å². The minimum Gasteiger partial charge on any atom is -0.452 e. The van der Waals surface area contributed by atoms with Crippen molar-refractivity contribution < 1.29 is 19.1 Å². The van der Waals surface area contributed by atoms with E-state index in [1.54, 1.807) is 60.7 Å². The molecule has 0 saturated carbocycles. The van der Waals surface area contributed by atoms with Crippen molar-refractivity contribution in [2.45, 2.75) is 0 Å². The summed E-state index contributed by atoms with van der Waals surface area (Å²) in [5.74, 6) is -0.106. The van der Waals surface area contributed by atoms with Gasteiger partial charge in [-0.1, -0.05) is 41.4 Å². The molecule has 0 radical (unpaired) electrons. The van der Waals surface area contributed by atoms with Gasteiger partial charge in [0.05, 0.1) is 11.1 Å². The Morgan fingerprint density at radius 3 is 2.59 bits per heavy atom. The maximum absolute atomic E-state index is 12.6. The Kier molecular flexibility index (Phi) is 5.46. The van der Waals surface area contributed by atoms with E-state index in [1.165, 1.54) is 6.07 Å². The number of ether oxygens (including phenoxy) is 2. The molecule has 0 N–H and O–H groups in total. The van der Waals surface area contributed by atoms with Crippen LogP contribution in [0.2, 0.25) is 10.0 Å². The maximum Gasteiger partial charge on any atom is 0.344 e. The van der Waals surface area contributed by atoms with Crippen LogP contribution in [0.15, 0.2) is 70.9 Å². The number of ketones is 1. The molecule has 4 rings (SSSR count). The number of Topliss-reactive ketones (excluding diaryl/α,β-unsaturated/α-hetero) is 1. The van der Waals surface area contributed by atoms with Crippen LogP contribution in [0.4, 0.5) is 0 Å². The molecule has 0 atom stereocenters. The van der Waals surface area contributed by atoms with Gasteiger partial charge in [-0.15, -0.1) is 0 Å². The Bertz CT molecular complexity index is 1190. The first kappa shape index (κ1) is 19.7. The van der Waals surface area contributed by atoms with Crippen molar-refractivity contribution in [3.05, 3.63) is 97.6 Å². The number of carbonyl (C=O) groups is 2. The Morgan fingerprint density at radius 2 is 1.83 bits per heavy atom. The van der Waals surface area contributed by atoms with Crippen LogP contribution in [0.3, 0.4) is 0 Å². The van der Waals surface area contributed by atoms with Crippen LogP contribution in [0.5, 0.6) is 11.5 Å². The van der Waals surface area contributed by atoms with Gasteiger partial charge in [0, 0.05) is 20.6 Å². The molecular weight excluding hydrogens is 479 g/mol. The van der Waals surface area contributed by atoms with E-state index in [1.807, 2.05) is 0 Å². The molecule has 3 aromatic rings. The number of esters is 1. The third-order valence-electron chi connectivity index (χ3n) is 4.19. The number of hydrogen-bond donors (Lipinski definition) is 0. The van der Waals surface area contributed by atoms with E-state index in [2.05, 4.69) is 15.9 Å². The molecular formula is C22H11BrCl2O4. The molecule has 144 valence electrons. The second kappa shape index (κ2) is 8.03. The lowest BCUT2D eigenvalue weighted by Crippen LogP contribution is -2.09. The standard InChI is InChI=1S/C22H11BrCl2O4/c23-17-4-2-1-3-15(17)22(27)28-14-7-8-16-19(11-14)29-20(21(16)26)9-12-5-6-13(24)10-18(12)25/h1-11H. The normalized spacial score (nSPS) is 13.9. The van der Waals surface area contributed by atoms with E-state index < -0.39 is 5.97 Å². The highest BCUT2D eigenvalue weighted by Gasteiger charge is 2.28. The van der Waals surface area contributed by atoms with Crippen LogP contribution in [-0.2, 0) is 0 Å². The second-order valence-corrected chi connectivity index (χ2v) is 7.83. The molecule has 1 aliphatic heterocycles. The van der Waals surface area contributed by atoms with Crippen molar-refractivity contribution in [2.75, 3.05) is 0 Å². The number of halogens is 3. The summed E-state index contributed by atoms with van der Waals surface area (Å²) in [6.45, 7) is 0. The van der Waals surface area contributed by atoms with E-state index in [4.69, 9.17) is 32.7 Å². The predicted octanol–water partition coefficient (Wildman–Crippen LogP) is 6.59. The van der Waals surface area contributed by atoms with Gasteiger partial charge < -0.3 is 9.47 Å². The highest BCUT2D eigenvalue weighted by Crippen LogP contribution is 2.36. The van der Waals surface area contributed by atoms with Crippen LogP contribution in [0.1, 0.15) is 26.3 Å². The molecule has 1 aliphatic rings. The van der Waals surface area contributed by atoms with Gasteiger partial charge in [0.2, 0.25) is 5.78 Å². The number of hydrogen-bond acceptors (Lipinski definition) is 4. The molecule has 4 nitrogen and oxygen atoms in total. The van der Waals surface area contributed by atoms with Crippen LogP contribution in [0.25, 0.3) is 6.08 Å². The van der Waals surface area contributed by atoms with Crippen LogP contribution in [0, 0.1) is 0 Å². The van der Waals surface area contributed by atoms with Gasteiger partial charge in [-0.3, -0.25) is 4.79 Å². The average Bonchev–Trinajstić information content (AvgIpc) is 2.99. The summed E-state index contributed by atoms with van der Waals surface area (Å²) in [7, 11) is 0. The molecule has 0 spiro atoms. The van der Waals surface area contributed by atoms with E-state index in [9.17, 15) is 9.59 Å². The van der Waals surface area contributed by atoms with Crippen molar-refractivity contribution in [1.29, 1.82) is 0 Å². The molecule has 29 heavy (non-hydrogen) atoms. The summed E-state index contributed by atoms with van der Waals surface area (Å²) in [5.41, 5.74) is 1.37. The van der Waals surface area contributed by atoms with Crippen molar-refractivity contribution in [2.24, 2.45) is 0 Å². The Balaban J connectivity index is 1.58. The number of allylic oxidation sites excluding steroid dienone is 1. The van der Waals surface area contributed by atoms with Crippen LogP contribution >= 0.6 is 39.1 Å². The zero-order chi connectivity index (χ0) is 20.5. The van der Waals surface area contributed by atoms with Crippen molar-refractivity contribution in [3.63, 3.8) is 0 Å². The Morgan fingerprint density at radius 1 is 1.03 bits per heavy atom. The molecule has 0 bridgehead atoms. The van der Waals surface area contributed by atoms with Gasteiger partial charge in [-0.25, -0.2) is 4.79 Å².